The van der Waals surface area contributed by atoms with Gasteiger partial charge in [0.2, 0.25) is 0 Å². The molecule has 1 saturated heterocycles. The second-order valence-corrected chi connectivity index (χ2v) is 6.95. The summed E-state index contributed by atoms with van der Waals surface area (Å²) in [6.07, 6.45) is -6.65. The Morgan fingerprint density at radius 1 is 1.34 bits per heavy atom. The largest absolute Gasteiger partial charge is 0.477 e. The SMILES string of the molecule is C[C@H]1[C@H]([C@H](O)[C@H](O)CO)OC(F)(C(=O)O)C(F)[C@@H]1n1nncc1-c1ccccc1. The monoisotopic (exact) mass is 413 g/mol. The van der Waals surface area contributed by atoms with E-state index in [4.69, 9.17) is 9.84 Å². The molecule has 3 rings (SSSR count). The number of hydrogen-bond donors (Lipinski definition) is 4. The molecule has 0 radical (unpaired) electrons. The number of carbonyl (C=O) groups is 1. The van der Waals surface area contributed by atoms with Gasteiger partial charge in [-0.15, -0.1) is 5.10 Å². The van der Waals surface area contributed by atoms with Gasteiger partial charge in [0.05, 0.1) is 30.6 Å². The van der Waals surface area contributed by atoms with Gasteiger partial charge in [-0.05, 0) is 0 Å². The third kappa shape index (κ3) is 3.62. The van der Waals surface area contributed by atoms with E-state index in [1.807, 2.05) is 0 Å². The van der Waals surface area contributed by atoms with E-state index in [2.05, 4.69) is 10.3 Å². The number of aliphatic hydroxyl groups is 3. The summed E-state index contributed by atoms with van der Waals surface area (Å²) in [5, 5.41) is 45.9. The van der Waals surface area contributed by atoms with Crippen molar-refractivity contribution < 1.29 is 38.7 Å². The molecule has 1 aromatic heterocycles. The van der Waals surface area contributed by atoms with Gasteiger partial charge in [0.15, 0.2) is 6.17 Å². The summed E-state index contributed by atoms with van der Waals surface area (Å²) >= 11 is 0. The Morgan fingerprint density at radius 3 is 2.59 bits per heavy atom. The molecule has 0 bridgehead atoms. The van der Waals surface area contributed by atoms with Crippen LogP contribution in [0.15, 0.2) is 36.5 Å². The van der Waals surface area contributed by atoms with E-state index >= 15 is 8.78 Å². The Balaban J connectivity index is 2.09. The zero-order valence-electron chi connectivity index (χ0n) is 15.3. The molecule has 0 saturated carbocycles. The number of nitrogens with zero attached hydrogens (tertiary/aromatic N) is 3. The standard InChI is InChI=1S/C18H21F2N3O6/c1-9-13(23-11(7-21-22-23)10-5-3-2-4-6-10)16(19)18(20,17(27)28)29-15(9)14(26)12(25)8-24/h2-7,9,12-16,24-26H,8H2,1H3,(H,27,28)/t9-,12-,13-,14-,15-,16?,18?/m1/s1. The highest BCUT2D eigenvalue weighted by atomic mass is 19.2. The van der Waals surface area contributed by atoms with Gasteiger partial charge in [0, 0.05) is 11.5 Å². The number of aliphatic hydroxyl groups excluding tert-OH is 3. The van der Waals surface area contributed by atoms with Crippen LogP contribution >= 0.6 is 0 Å². The molecule has 29 heavy (non-hydrogen) atoms. The third-order valence-electron chi connectivity index (χ3n) is 5.16. The molecular formula is C18H21F2N3O6. The second-order valence-electron chi connectivity index (χ2n) is 6.95. The highest BCUT2D eigenvalue weighted by Gasteiger charge is 2.62. The number of rotatable bonds is 6. The molecule has 2 aromatic rings. The Labute approximate surface area is 164 Å². The minimum absolute atomic E-state index is 0.302. The number of benzene rings is 1. The lowest BCUT2D eigenvalue weighted by Gasteiger charge is -2.46. The molecule has 1 aliphatic heterocycles. The van der Waals surface area contributed by atoms with Gasteiger partial charge >= 0.3 is 11.8 Å². The lowest BCUT2D eigenvalue weighted by Crippen LogP contribution is -2.63. The van der Waals surface area contributed by atoms with Crippen molar-refractivity contribution in [3.63, 3.8) is 0 Å². The van der Waals surface area contributed by atoms with Crippen LogP contribution in [-0.2, 0) is 9.53 Å². The molecule has 1 aromatic carbocycles. The van der Waals surface area contributed by atoms with Crippen LogP contribution in [0.3, 0.4) is 0 Å². The Kier molecular flexibility index (Phi) is 5.94. The maximum Gasteiger partial charge on any atom is 0.372 e. The van der Waals surface area contributed by atoms with Crippen molar-refractivity contribution in [2.24, 2.45) is 5.92 Å². The number of aliphatic carboxylic acids is 1. The third-order valence-corrected chi connectivity index (χ3v) is 5.16. The van der Waals surface area contributed by atoms with Crippen LogP contribution in [0.25, 0.3) is 11.3 Å². The number of carboxylic acids is 1. The molecule has 1 aliphatic rings. The fourth-order valence-electron chi connectivity index (χ4n) is 3.55. The molecular weight excluding hydrogens is 392 g/mol. The van der Waals surface area contributed by atoms with Crippen molar-refractivity contribution >= 4 is 5.97 Å². The first-order valence-electron chi connectivity index (χ1n) is 8.89. The smallest absolute Gasteiger partial charge is 0.372 e. The Morgan fingerprint density at radius 2 is 2.00 bits per heavy atom. The summed E-state index contributed by atoms with van der Waals surface area (Å²) in [6, 6.07) is 7.03. The number of aromatic nitrogens is 3. The van der Waals surface area contributed by atoms with Crippen molar-refractivity contribution in [1.29, 1.82) is 0 Å². The predicted octanol–water partition coefficient (Wildman–Crippen LogP) is 0.324. The van der Waals surface area contributed by atoms with Crippen molar-refractivity contribution in [3.05, 3.63) is 36.5 Å². The van der Waals surface area contributed by atoms with Gasteiger partial charge in [0.1, 0.15) is 12.2 Å². The molecule has 7 atom stereocenters. The fraction of sp³-hybridized carbons (Fsp3) is 0.500. The van der Waals surface area contributed by atoms with Gasteiger partial charge < -0.3 is 25.2 Å². The van der Waals surface area contributed by atoms with Crippen LogP contribution in [0.5, 0.6) is 0 Å². The summed E-state index contributed by atoms with van der Waals surface area (Å²) in [6.45, 7) is 0.509. The lowest BCUT2D eigenvalue weighted by molar-refractivity contribution is -0.290. The number of ether oxygens (including phenoxy) is 1. The van der Waals surface area contributed by atoms with E-state index in [1.54, 1.807) is 30.3 Å². The van der Waals surface area contributed by atoms with Gasteiger partial charge in [-0.2, -0.15) is 4.39 Å². The van der Waals surface area contributed by atoms with Crippen LogP contribution in [-0.4, -0.2) is 78.3 Å². The summed E-state index contributed by atoms with van der Waals surface area (Å²) in [5.41, 5.74) is 0.881. The summed E-state index contributed by atoms with van der Waals surface area (Å²) in [5.74, 6) is -7.08. The second kappa shape index (κ2) is 8.11. The molecule has 2 unspecified atom stereocenters. The molecule has 2 heterocycles. The molecule has 1 fully saturated rings. The molecule has 0 amide bonds. The molecule has 4 N–H and O–H groups in total. The minimum atomic E-state index is -3.81. The van der Waals surface area contributed by atoms with Crippen molar-refractivity contribution in [3.8, 4) is 11.3 Å². The zero-order chi connectivity index (χ0) is 21.3. The first-order valence-corrected chi connectivity index (χ1v) is 8.89. The van der Waals surface area contributed by atoms with E-state index in [0.717, 1.165) is 4.68 Å². The average Bonchev–Trinajstić information content (AvgIpc) is 3.19. The molecule has 158 valence electrons. The van der Waals surface area contributed by atoms with E-state index in [1.165, 1.54) is 13.1 Å². The summed E-state index contributed by atoms with van der Waals surface area (Å²) < 4.78 is 36.2. The topological polar surface area (TPSA) is 138 Å². The first kappa shape index (κ1) is 21.2. The maximum absolute atomic E-state index is 15.2. The Bertz CT molecular complexity index is 853. The van der Waals surface area contributed by atoms with Gasteiger partial charge in [0.25, 0.3) is 0 Å². The highest BCUT2D eigenvalue weighted by molar-refractivity contribution is 5.76. The zero-order valence-corrected chi connectivity index (χ0v) is 15.3. The number of alkyl halides is 2. The molecule has 9 nitrogen and oxygen atoms in total. The van der Waals surface area contributed by atoms with E-state index < -0.39 is 54.9 Å². The summed E-state index contributed by atoms with van der Waals surface area (Å²) in [4.78, 5) is 11.5. The predicted molar refractivity (Wildman–Crippen MR) is 94.0 cm³/mol. The normalized spacial score (nSPS) is 31.9. The van der Waals surface area contributed by atoms with Crippen LogP contribution in [0.1, 0.15) is 13.0 Å². The van der Waals surface area contributed by atoms with Crippen LogP contribution < -0.4 is 0 Å². The molecule has 0 spiro atoms. The summed E-state index contributed by atoms with van der Waals surface area (Å²) in [7, 11) is 0. The quantitative estimate of drug-likeness (QED) is 0.531. The maximum atomic E-state index is 15.2. The highest BCUT2D eigenvalue weighted by Crippen LogP contribution is 2.45. The van der Waals surface area contributed by atoms with Gasteiger partial charge in [-0.3, -0.25) is 0 Å². The Hall–Kier alpha value is -2.47. The van der Waals surface area contributed by atoms with E-state index in [0.29, 0.717) is 11.3 Å². The number of halogens is 2. The minimum Gasteiger partial charge on any atom is -0.477 e. The number of carboxylic acid groups (broad SMARTS) is 1. The van der Waals surface area contributed by atoms with Gasteiger partial charge in [-0.1, -0.05) is 42.5 Å². The van der Waals surface area contributed by atoms with E-state index in [-0.39, 0.29) is 0 Å². The van der Waals surface area contributed by atoms with Crippen molar-refractivity contribution in [2.45, 2.75) is 43.3 Å². The fourth-order valence-corrected chi connectivity index (χ4v) is 3.55. The van der Waals surface area contributed by atoms with Crippen LogP contribution in [0, 0.1) is 5.92 Å². The van der Waals surface area contributed by atoms with Crippen LogP contribution in [0.2, 0.25) is 0 Å². The first-order chi connectivity index (χ1) is 13.7. The van der Waals surface area contributed by atoms with Crippen molar-refractivity contribution in [1.82, 2.24) is 15.0 Å². The number of hydrogen-bond acceptors (Lipinski definition) is 7. The van der Waals surface area contributed by atoms with Crippen molar-refractivity contribution in [2.75, 3.05) is 6.61 Å². The average molecular weight is 413 g/mol. The van der Waals surface area contributed by atoms with Crippen LogP contribution in [0.4, 0.5) is 8.78 Å². The van der Waals surface area contributed by atoms with Gasteiger partial charge in [-0.25, -0.2) is 13.9 Å². The molecule has 11 heteroatoms. The lowest BCUT2D eigenvalue weighted by atomic mass is 9.82. The van der Waals surface area contributed by atoms with E-state index in [9.17, 15) is 20.1 Å². The molecule has 0 aliphatic carbocycles.